The topological polar surface area (TPSA) is 89.0 Å². The Hall–Kier alpha value is -3.84. The number of hydrogen-bond donors (Lipinski definition) is 1. The Bertz CT molecular complexity index is 1230. The number of benzene rings is 2. The summed E-state index contributed by atoms with van der Waals surface area (Å²) in [7, 11) is 2.95. The number of carbonyl (C=O) groups excluding carboxylic acids is 2. The molecule has 0 saturated carbocycles. The number of Topliss-reactive ketones (excluding diaryl/α,β-unsaturated/α-hetero) is 1. The Balaban J connectivity index is 1.95. The highest BCUT2D eigenvalue weighted by Crippen LogP contribution is 2.44. The van der Waals surface area contributed by atoms with Gasteiger partial charge in [0.05, 0.1) is 36.2 Å². The summed E-state index contributed by atoms with van der Waals surface area (Å²) in [5.41, 5.74) is 0.980. The van der Waals surface area contributed by atoms with E-state index < -0.39 is 17.7 Å². The number of pyridine rings is 1. The molecule has 1 aliphatic rings. The van der Waals surface area contributed by atoms with Crippen molar-refractivity contribution in [1.29, 1.82) is 0 Å². The van der Waals surface area contributed by atoms with Crippen LogP contribution in [0.5, 0.6) is 11.5 Å². The Morgan fingerprint density at radius 3 is 2.38 bits per heavy atom. The van der Waals surface area contributed by atoms with E-state index in [9.17, 15) is 14.7 Å². The molecule has 1 aliphatic heterocycles. The maximum absolute atomic E-state index is 13.2. The number of nitrogens with zero attached hydrogens (tertiary/aromatic N) is 2. The predicted molar refractivity (Wildman–Crippen MR) is 120 cm³/mol. The van der Waals surface area contributed by atoms with Crippen LogP contribution >= 0.6 is 11.6 Å². The third-order valence-electron chi connectivity index (χ3n) is 5.18. The van der Waals surface area contributed by atoms with Gasteiger partial charge in [0.15, 0.2) is 0 Å². The highest BCUT2D eigenvalue weighted by atomic mass is 35.5. The lowest BCUT2D eigenvalue weighted by Crippen LogP contribution is -2.30. The standard InChI is InChI=1S/C24H19ClN2O5/c1-31-18-11-10-14(13-15(18)25)22(28)20-21(16-7-5-6-12-26-16)27(24(30)23(20)29)17-8-3-4-9-19(17)32-2/h3-13,21,28H,1-2H3/b22-20-. The molecule has 32 heavy (non-hydrogen) atoms. The molecule has 0 bridgehead atoms. The number of ether oxygens (including phenoxy) is 2. The third-order valence-corrected chi connectivity index (χ3v) is 5.48. The average Bonchev–Trinajstić information content (AvgIpc) is 3.09. The van der Waals surface area contributed by atoms with Crippen LogP contribution in [-0.2, 0) is 9.59 Å². The number of amides is 1. The van der Waals surface area contributed by atoms with E-state index in [1.807, 2.05) is 0 Å². The zero-order valence-corrected chi connectivity index (χ0v) is 18.0. The number of aromatic nitrogens is 1. The minimum absolute atomic E-state index is 0.0964. The Morgan fingerprint density at radius 2 is 1.72 bits per heavy atom. The quantitative estimate of drug-likeness (QED) is 0.352. The first kappa shape index (κ1) is 21.4. The molecule has 3 aromatic rings. The number of hydrogen-bond acceptors (Lipinski definition) is 6. The summed E-state index contributed by atoms with van der Waals surface area (Å²) >= 11 is 6.21. The minimum atomic E-state index is -0.964. The highest BCUT2D eigenvalue weighted by molar-refractivity contribution is 6.52. The number of carbonyl (C=O) groups is 2. The molecule has 1 N–H and O–H groups in total. The fourth-order valence-corrected chi connectivity index (χ4v) is 3.95. The monoisotopic (exact) mass is 450 g/mol. The number of anilines is 1. The zero-order valence-electron chi connectivity index (χ0n) is 17.3. The van der Waals surface area contributed by atoms with Crippen molar-refractivity contribution in [3.05, 3.63) is 88.7 Å². The van der Waals surface area contributed by atoms with Crippen LogP contribution < -0.4 is 14.4 Å². The number of rotatable bonds is 5. The molecule has 0 aliphatic carbocycles. The van der Waals surface area contributed by atoms with Gasteiger partial charge in [0.2, 0.25) is 0 Å². The average molecular weight is 451 g/mol. The second kappa shape index (κ2) is 8.72. The van der Waals surface area contributed by atoms with Gasteiger partial charge in [-0.3, -0.25) is 19.5 Å². The van der Waals surface area contributed by atoms with E-state index in [0.717, 1.165) is 0 Å². The maximum atomic E-state index is 13.2. The van der Waals surface area contributed by atoms with Crippen molar-refractivity contribution in [2.24, 2.45) is 0 Å². The van der Waals surface area contributed by atoms with Crippen LogP contribution in [0.1, 0.15) is 17.3 Å². The SMILES string of the molecule is COc1ccc(/C(O)=C2/C(=O)C(=O)N(c3ccccc3OC)C2c2ccccn2)cc1Cl. The van der Waals surface area contributed by atoms with E-state index in [2.05, 4.69) is 4.98 Å². The van der Waals surface area contributed by atoms with Crippen molar-refractivity contribution >= 4 is 34.7 Å². The van der Waals surface area contributed by atoms with Crippen LogP contribution in [0.25, 0.3) is 5.76 Å². The fraction of sp³-hybridized carbons (Fsp3) is 0.125. The van der Waals surface area contributed by atoms with Crippen molar-refractivity contribution < 1.29 is 24.2 Å². The lowest BCUT2D eigenvalue weighted by atomic mass is 9.98. The normalized spacial score (nSPS) is 17.5. The van der Waals surface area contributed by atoms with E-state index >= 15 is 0 Å². The number of ketones is 1. The van der Waals surface area contributed by atoms with E-state index in [4.69, 9.17) is 21.1 Å². The smallest absolute Gasteiger partial charge is 0.300 e. The molecule has 8 heteroatoms. The lowest BCUT2D eigenvalue weighted by Gasteiger charge is -2.26. The molecule has 0 spiro atoms. The summed E-state index contributed by atoms with van der Waals surface area (Å²) in [4.78, 5) is 32.0. The van der Waals surface area contributed by atoms with Gasteiger partial charge in [-0.25, -0.2) is 0 Å². The molecule has 7 nitrogen and oxygen atoms in total. The first-order valence-corrected chi connectivity index (χ1v) is 10.0. The van der Waals surface area contributed by atoms with Gasteiger partial charge >= 0.3 is 0 Å². The Morgan fingerprint density at radius 1 is 1.00 bits per heavy atom. The summed E-state index contributed by atoms with van der Waals surface area (Å²) in [6.07, 6.45) is 1.56. The largest absolute Gasteiger partial charge is 0.507 e. The van der Waals surface area contributed by atoms with E-state index in [-0.39, 0.29) is 21.9 Å². The number of methoxy groups -OCH3 is 2. The zero-order chi connectivity index (χ0) is 22.8. The molecule has 1 fully saturated rings. The van der Waals surface area contributed by atoms with Gasteiger partial charge in [-0.1, -0.05) is 29.8 Å². The molecule has 0 radical (unpaired) electrons. The van der Waals surface area contributed by atoms with Crippen LogP contribution in [0.3, 0.4) is 0 Å². The molecular weight excluding hydrogens is 432 g/mol. The maximum Gasteiger partial charge on any atom is 0.300 e. The molecular formula is C24H19ClN2O5. The van der Waals surface area contributed by atoms with E-state index in [1.54, 1.807) is 60.8 Å². The molecule has 2 heterocycles. The van der Waals surface area contributed by atoms with Crippen molar-refractivity contribution in [2.75, 3.05) is 19.1 Å². The van der Waals surface area contributed by atoms with Gasteiger partial charge in [-0.05, 0) is 42.5 Å². The van der Waals surface area contributed by atoms with Gasteiger partial charge in [0, 0.05) is 11.8 Å². The second-order valence-electron chi connectivity index (χ2n) is 6.94. The van der Waals surface area contributed by atoms with Crippen LogP contribution in [0, 0.1) is 0 Å². The molecule has 2 aromatic carbocycles. The van der Waals surface area contributed by atoms with Gasteiger partial charge in [0.1, 0.15) is 23.3 Å². The molecule has 162 valence electrons. The van der Waals surface area contributed by atoms with Gasteiger partial charge in [0.25, 0.3) is 11.7 Å². The minimum Gasteiger partial charge on any atom is -0.507 e. The van der Waals surface area contributed by atoms with Gasteiger partial charge < -0.3 is 14.6 Å². The van der Waals surface area contributed by atoms with E-state index in [0.29, 0.717) is 22.9 Å². The van der Waals surface area contributed by atoms with Gasteiger partial charge in [-0.2, -0.15) is 0 Å². The number of aliphatic hydroxyl groups excluding tert-OH is 1. The summed E-state index contributed by atoms with van der Waals surface area (Å²) in [5, 5.41) is 11.4. The lowest BCUT2D eigenvalue weighted by molar-refractivity contribution is -0.132. The highest BCUT2D eigenvalue weighted by Gasteiger charge is 2.48. The summed E-state index contributed by atoms with van der Waals surface area (Å²) in [6.45, 7) is 0. The third kappa shape index (κ3) is 3.56. The first-order chi connectivity index (χ1) is 15.5. The molecule has 1 amide bonds. The number of para-hydroxylation sites is 2. The first-order valence-electron chi connectivity index (χ1n) is 9.66. The number of aliphatic hydroxyl groups is 1. The molecule has 1 unspecified atom stereocenters. The fourth-order valence-electron chi connectivity index (χ4n) is 3.70. The van der Waals surface area contributed by atoms with Gasteiger partial charge in [-0.15, -0.1) is 0 Å². The van der Waals surface area contributed by atoms with Crippen LogP contribution in [0.4, 0.5) is 5.69 Å². The van der Waals surface area contributed by atoms with Crippen LogP contribution in [0.15, 0.2) is 72.4 Å². The molecule has 1 aromatic heterocycles. The number of halogens is 1. The Labute approximate surface area is 189 Å². The predicted octanol–water partition coefficient (Wildman–Crippen LogP) is 4.38. The summed E-state index contributed by atoms with van der Waals surface area (Å²) in [5.74, 6) is -1.18. The molecule has 1 saturated heterocycles. The van der Waals surface area contributed by atoms with Crippen molar-refractivity contribution in [3.8, 4) is 11.5 Å². The van der Waals surface area contributed by atoms with Crippen LogP contribution in [0.2, 0.25) is 5.02 Å². The van der Waals surface area contributed by atoms with Crippen molar-refractivity contribution in [1.82, 2.24) is 4.98 Å². The summed E-state index contributed by atoms with van der Waals surface area (Å²) < 4.78 is 10.6. The van der Waals surface area contributed by atoms with Crippen molar-refractivity contribution in [3.63, 3.8) is 0 Å². The second-order valence-corrected chi connectivity index (χ2v) is 7.35. The summed E-state index contributed by atoms with van der Waals surface area (Å²) in [6, 6.07) is 15.6. The molecule has 4 rings (SSSR count). The Kier molecular flexibility index (Phi) is 5.83. The van der Waals surface area contributed by atoms with Crippen molar-refractivity contribution in [2.45, 2.75) is 6.04 Å². The van der Waals surface area contributed by atoms with E-state index in [1.165, 1.54) is 25.2 Å². The molecule has 1 atom stereocenters. The van der Waals surface area contributed by atoms with Crippen LogP contribution in [-0.4, -0.2) is 36.0 Å².